The number of nitrogens with two attached hydrogens (primary N) is 2. The predicted octanol–water partition coefficient (Wildman–Crippen LogP) is 1.91. The van der Waals surface area contributed by atoms with Crippen molar-refractivity contribution < 1.29 is 9.50 Å². The number of aromatic hydroxyl groups is 1. The van der Waals surface area contributed by atoms with Crippen molar-refractivity contribution in [2.45, 2.75) is 25.8 Å². The maximum absolute atomic E-state index is 12.9. The molecule has 0 aromatic heterocycles. The van der Waals surface area contributed by atoms with Crippen molar-refractivity contribution in [1.29, 1.82) is 0 Å². The molecule has 0 radical (unpaired) electrons. The fraction of sp³-hybridized carbons (Fsp3) is 0.400. The third-order valence-corrected chi connectivity index (χ3v) is 2.19. The number of rotatable bonds is 3. The normalized spacial score (nSPS) is 12.8. The zero-order chi connectivity index (χ0) is 10.7. The minimum atomic E-state index is -0.616. The molecular weight excluding hydrogens is 183 g/mol. The molecule has 1 rings (SSSR count). The number of hydrogen-bond donors (Lipinski definition) is 3. The first-order valence-electron chi connectivity index (χ1n) is 4.60. The molecule has 3 nitrogen and oxygen atoms in total. The number of phenols is 1. The molecule has 0 aliphatic rings. The van der Waals surface area contributed by atoms with Crippen LogP contribution in [0.4, 0.5) is 10.1 Å². The second kappa shape index (κ2) is 4.28. The summed E-state index contributed by atoms with van der Waals surface area (Å²) in [6.45, 7) is 1.99. The lowest BCUT2D eigenvalue weighted by molar-refractivity contribution is 0.456. The first-order valence-corrected chi connectivity index (χ1v) is 4.60. The van der Waals surface area contributed by atoms with Gasteiger partial charge in [-0.3, -0.25) is 0 Å². The Morgan fingerprint density at radius 3 is 2.71 bits per heavy atom. The molecule has 1 atom stereocenters. The molecule has 5 N–H and O–H groups in total. The Kier molecular flexibility index (Phi) is 3.30. The van der Waals surface area contributed by atoms with Crippen LogP contribution in [-0.2, 0) is 0 Å². The van der Waals surface area contributed by atoms with Crippen molar-refractivity contribution in [3.05, 3.63) is 23.5 Å². The van der Waals surface area contributed by atoms with E-state index in [0.29, 0.717) is 5.56 Å². The van der Waals surface area contributed by atoms with Crippen LogP contribution >= 0.6 is 0 Å². The minimum absolute atomic E-state index is 0.228. The van der Waals surface area contributed by atoms with Crippen molar-refractivity contribution in [2.24, 2.45) is 5.73 Å². The molecule has 0 aliphatic carbocycles. The summed E-state index contributed by atoms with van der Waals surface area (Å²) in [5.74, 6) is -0.846. The molecule has 4 heteroatoms. The second-order valence-electron chi connectivity index (χ2n) is 3.29. The molecule has 0 saturated heterocycles. The first kappa shape index (κ1) is 10.8. The highest BCUT2D eigenvalue weighted by Crippen LogP contribution is 2.32. The van der Waals surface area contributed by atoms with Crippen molar-refractivity contribution in [2.75, 3.05) is 5.73 Å². The van der Waals surface area contributed by atoms with Crippen molar-refractivity contribution in [1.82, 2.24) is 0 Å². The molecule has 78 valence electrons. The predicted molar refractivity (Wildman–Crippen MR) is 54.3 cm³/mol. The van der Waals surface area contributed by atoms with Gasteiger partial charge in [-0.05, 0) is 12.5 Å². The largest absolute Gasteiger partial charge is 0.505 e. The van der Waals surface area contributed by atoms with Gasteiger partial charge in [0.15, 0.2) is 0 Å². The van der Waals surface area contributed by atoms with Crippen LogP contribution in [0.5, 0.6) is 5.75 Å². The molecule has 0 saturated carbocycles. The highest BCUT2D eigenvalue weighted by Gasteiger charge is 2.14. The zero-order valence-corrected chi connectivity index (χ0v) is 8.13. The van der Waals surface area contributed by atoms with E-state index in [1.54, 1.807) is 0 Å². The molecule has 0 aliphatic heterocycles. The van der Waals surface area contributed by atoms with Gasteiger partial charge in [0.05, 0.1) is 0 Å². The smallest absolute Gasteiger partial charge is 0.149 e. The van der Waals surface area contributed by atoms with E-state index in [9.17, 15) is 9.50 Å². The SMILES string of the molecule is CCC[C@H](N)c1ccc(F)c(N)c1O. The molecule has 14 heavy (non-hydrogen) atoms. The van der Waals surface area contributed by atoms with Crippen LogP contribution < -0.4 is 11.5 Å². The molecular formula is C10H15FN2O. The fourth-order valence-electron chi connectivity index (χ4n) is 1.37. The Bertz CT molecular complexity index is 328. The van der Waals surface area contributed by atoms with E-state index < -0.39 is 5.82 Å². The van der Waals surface area contributed by atoms with Gasteiger partial charge in [-0.1, -0.05) is 19.4 Å². The maximum atomic E-state index is 12.9. The van der Waals surface area contributed by atoms with E-state index in [1.165, 1.54) is 12.1 Å². The van der Waals surface area contributed by atoms with Crippen LogP contribution in [0, 0.1) is 5.82 Å². The number of hydrogen-bond acceptors (Lipinski definition) is 3. The molecule has 0 amide bonds. The highest BCUT2D eigenvalue weighted by molar-refractivity contribution is 5.57. The van der Waals surface area contributed by atoms with Crippen LogP contribution in [0.1, 0.15) is 31.4 Å². The van der Waals surface area contributed by atoms with Crippen LogP contribution in [0.3, 0.4) is 0 Å². The van der Waals surface area contributed by atoms with Crippen molar-refractivity contribution in [3.63, 3.8) is 0 Å². The van der Waals surface area contributed by atoms with Gasteiger partial charge in [-0.2, -0.15) is 0 Å². The third kappa shape index (κ3) is 1.96. The standard InChI is InChI=1S/C10H15FN2O/c1-2-3-8(12)6-4-5-7(11)9(13)10(6)14/h4-5,8,14H,2-3,12-13H2,1H3/t8-/m0/s1. The molecule has 0 unspecified atom stereocenters. The fourth-order valence-corrected chi connectivity index (χ4v) is 1.37. The third-order valence-electron chi connectivity index (χ3n) is 2.19. The summed E-state index contributed by atoms with van der Waals surface area (Å²) in [6.07, 6.45) is 1.64. The first-order chi connectivity index (χ1) is 6.57. The van der Waals surface area contributed by atoms with E-state index in [1.807, 2.05) is 6.92 Å². The number of halogens is 1. The van der Waals surface area contributed by atoms with E-state index in [4.69, 9.17) is 11.5 Å². The lowest BCUT2D eigenvalue weighted by Crippen LogP contribution is -2.11. The van der Waals surface area contributed by atoms with Gasteiger partial charge in [0.1, 0.15) is 17.3 Å². The quantitative estimate of drug-likeness (QED) is 0.513. The number of nitrogen functional groups attached to an aromatic ring is 1. The Labute approximate surface area is 82.5 Å². The molecule has 0 bridgehead atoms. The van der Waals surface area contributed by atoms with Crippen LogP contribution in [-0.4, -0.2) is 5.11 Å². The molecule has 0 heterocycles. The van der Waals surface area contributed by atoms with E-state index in [-0.39, 0.29) is 17.5 Å². The average molecular weight is 198 g/mol. The molecule has 1 aromatic rings. The summed E-state index contributed by atoms with van der Waals surface area (Å²) in [6, 6.07) is 2.41. The minimum Gasteiger partial charge on any atom is -0.505 e. The second-order valence-corrected chi connectivity index (χ2v) is 3.29. The van der Waals surface area contributed by atoms with Crippen LogP contribution in [0.15, 0.2) is 12.1 Å². The van der Waals surface area contributed by atoms with Gasteiger partial charge in [-0.25, -0.2) is 4.39 Å². The van der Waals surface area contributed by atoms with Crippen molar-refractivity contribution >= 4 is 5.69 Å². The van der Waals surface area contributed by atoms with Crippen molar-refractivity contribution in [3.8, 4) is 5.75 Å². The van der Waals surface area contributed by atoms with Crippen LogP contribution in [0.25, 0.3) is 0 Å². The number of benzene rings is 1. The van der Waals surface area contributed by atoms with E-state index in [2.05, 4.69) is 0 Å². The molecule has 0 spiro atoms. The van der Waals surface area contributed by atoms with Gasteiger partial charge >= 0.3 is 0 Å². The Morgan fingerprint density at radius 2 is 2.14 bits per heavy atom. The van der Waals surface area contributed by atoms with Gasteiger partial charge < -0.3 is 16.6 Å². The van der Waals surface area contributed by atoms with Crippen LogP contribution in [0.2, 0.25) is 0 Å². The topological polar surface area (TPSA) is 72.3 Å². The summed E-state index contributed by atoms with van der Waals surface area (Å²) < 4.78 is 12.9. The lowest BCUT2D eigenvalue weighted by atomic mass is 10.0. The lowest BCUT2D eigenvalue weighted by Gasteiger charge is -2.13. The van der Waals surface area contributed by atoms with Gasteiger partial charge in [0.2, 0.25) is 0 Å². The number of anilines is 1. The summed E-state index contributed by atoms with van der Waals surface area (Å²) >= 11 is 0. The van der Waals surface area contributed by atoms with Gasteiger partial charge in [0.25, 0.3) is 0 Å². The monoisotopic (exact) mass is 198 g/mol. The molecule has 1 aromatic carbocycles. The van der Waals surface area contributed by atoms with Gasteiger partial charge in [0, 0.05) is 11.6 Å². The summed E-state index contributed by atoms with van der Waals surface area (Å²) in [7, 11) is 0. The van der Waals surface area contributed by atoms with E-state index >= 15 is 0 Å². The molecule has 0 fully saturated rings. The highest BCUT2D eigenvalue weighted by atomic mass is 19.1. The Balaban J connectivity index is 3.04. The van der Waals surface area contributed by atoms with E-state index in [0.717, 1.165) is 12.8 Å². The summed E-state index contributed by atoms with van der Waals surface area (Å²) in [4.78, 5) is 0. The summed E-state index contributed by atoms with van der Waals surface area (Å²) in [5, 5.41) is 9.53. The Hall–Kier alpha value is -1.29. The Morgan fingerprint density at radius 1 is 1.50 bits per heavy atom. The zero-order valence-electron chi connectivity index (χ0n) is 8.13. The number of phenolic OH excluding ortho intramolecular Hbond substituents is 1. The summed E-state index contributed by atoms with van der Waals surface area (Å²) in [5.41, 5.74) is 11.4. The van der Waals surface area contributed by atoms with Gasteiger partial charge in [-0.15, -0.1) is 0 Å². The average Bonchev–Trinajstić information content (AvgIpc) is 2.15. The maximum Gasteiger partial charge on any atom is 0.149 e.